The highest BCUT2D eigenvalue weighted by Crippen LogP contribution is 2.24. The molecule has 7 heteroatoms. The molecule has 1 aliphatic rings. The Labute approximate surface area is 171 Å². The number of hydrogen-bond acceptors (Lipinski definition) is 6. The number of thioether (sulfide) groups is 1. The van der Waals surface area contributed by atoms with Crippen LogP contribution in [0.2, 0.25) is 0 Å². The molecule has 3 heterocycles. The standard InChI is InChI=1S/C21H30N4O2S/c1-15-10-16(2)13-25(12-15)9-5-8-22-20(26)19-6-4-7-23-21(19)28-14-18-11-17(3)27-24-18/h4,6-7,11,15-16H,5,8-10,12-14H2,1-3H3,(H,22,26)/t15-,16-/m1/s1. The molecular weight excluding hydrogens is 372 g/mol. The van der Waals surface area contributed by atoms with E-state index in [1.807, 2.05) is 19.1 Å². The Morgan fingerprint density at radius 3 is 2.86 bits per heavy atom. The van der Waals surface area contributed by atoms with Gasteiger partial charge in [0.15, 0.2) is 0 Å². The fraction of sp³-hybridized carbons (Fsp3) is 0.571. The Morgan fingerprint density at radius 2 is 2.14 bits per heavy atom. The molecule has 0 aromatic carbocycles. The third-order valence-corrected chi connectivity index (χ3v) is 5.97. The van der Waals surface area contributed by atoms with Crippen LogP contribution in [0.1, 0.15) is 48.5 Å². The first kappa shape index (κ1) is 20.9. The van der Waals surface area contributed by atoms with Crippen LogP contribution in [0.5, 0.6) is 0 Å². The molecule has 0 radical (unpaired) electrons. The van der Waals surface area contributed by atoms with E-state index in [4.69, 9.17) is 4.52 Å². The number of aromatic nitrogens is 2. The van der Waals surface area contributed by atoms with E-state index in [1.165, 1.54) is 31.3 Å². The summed E-state index contributed by atoms with van der Waals surface area (Å²) in [5, 5.41) is 7.76. The van der Waals surface area contributed by atoms with Gasteiger partial charge in [-0.15, -0.1) is 0 Å². The van der Waals surface area contributed by atoms with Crippen LogP contribution < -0.4 is 5.32 Å². The predicted octanol–water partition coefficient (Wildman–Crippen LogP) is 3.77. The van der Waals surface area contributed by atoms with Crippen LogP contribution in [0.3, 0.4) is 0 Å². The summed E-state index contributed by atoms with van der Waals surface area (Å²) in [6, 6.07) is 5.53. The van der Waals surface area contributed by atoms with Crippen molar-refractivity contribution in [2.75, 3.05) is 26.2 Å². The summed E-state index contributed by atoms with van der Waals surface area (Å²) in [5.41, 5.74) is 1.47. The topological polar surface area (TPSA) is 71.3 Å². The molecule has 2 aromatic heterocycles. The minimum Gasteiger partial charge on any atom is -0.361 e. The molecule has 2 aromatic rings. The molecule has 28 heavy (non-hydrogen) atoms. The van der Waals surface area contributed by atoms with Gasteiger partial charge < -0.3 is 14.7 Å². The van der Waals surface area contributed by atoms with E-state index in [-0.39, 0.29) is 5.91 Å². The fourth-order valence-electron chi connectivity index (χ4n) is 3.88. The molecule has 0 aliphatic carbocycles. The van der Waals surface area contributed by atoms with Gasteiger partial charge in [-0.3, -0.25) is 4.79 Å². The molecule has 2 atom stereocenters. The van der Waals surface area contributed by atoms with Crippen molar-refractivity contribution in [3.8, 4) is 0 Å². The molecule has 152 valence electrons. The Balaban J connectivity index is 1.46. The average Bonchev–Trinajstić information content (AvgIpc) is 3.08. The van der Waals surface area contributed by atoms with E-state index in [2.05, 4.69) is 34.2 Å². The lowest BCUT2D eigenvalue weighted by atomic mass is 9.92. The zero-order valence-corrected chi connectivity index (χ0v) is 17.8. The number of pyridine rings is 1. The Kier molecular flexibility index (Phi) is 7.50. The van der Waals surface area contributed by atoms with Crippen molar-refractivity contribution in [1.82, 2.24) is 20.4 Å². The Bertz CT molecular complexity index is 769. The van der Waals surface area contributed by atoms with E-state index in [1.54, 1.807) is 12.3 Å². The van der Waals surface area contributed by atoms with Gasteiger partial charge in [-0.05, 0) is 50.3 Å². The molecular formula is C21H30N4O2S. The van der Waals surface area contributed by atoms with Gasteiger partial charge in [-0.25, -0.2) is 4.98 Å². The minimum absolute atomic E-state index is 0.0627. The van der Waals surface area contributed by atoms with Crippen molar-refractivity contribution >= 4 is 17.7 Å². The van der Waals surface area contributed by atoms with Gasteiger partial charge in [0.2, 0.25) is 0 Å². The smallest absolute Gasteiger partial charge is 0.254 e. The largest absolute Gasteiger partial charge is 0.361 e. The number of amides is 1. The number of rotatable bonds is 8. The maximum Gasteiger partial charge on any atom is 0.254 e. The highest BCUT2D eigenvalue weighted by molar-refractivity contribution is 7.98. The van der Waals surface area contributed by atoms with E-state index < -0.39 is 0 Å². The third-order valence-electron chi connectivity index (χ3n) is 4.93. The van der Waals surface area contributed by atoms with Crippen molar-refractivity contribution in [2.45, 2.75) is 44.4 Å². The number of aryl methyl sites for hydroxylation is 1. The van der Waals surface area contributed by atoms with Crippen LogP contribution in [-0.2, 0) is 5.75 Å². The second-order valence-corrected chi connectivity index (χ2v) is 8.85. The SMILES string of the molecule is Cc1cc(CSc2ncccc2C(=O)NCCCN2C[C@H](C)C[C@@H](C)C2)no1. The second-order valence-electron chi connectivity index (χ2n) is 7.89. The summed E-state index contributed by atoms with van der Waals surface area (Å²) in [6.45, 7) is 10.6. The van der Waals surface area contributed by atoms with Gasteiger partial charge >= 0.3 is 0 Å². The summed E-state index contributed by atoms with van der Waals surface area (Å²) in [7, 11) is 0. The number of carbonyl (C=O) groups is 1. The maximum absolute atomic E-state index is 12.6. The quantitative estimate of drug-likeness (QED) is 0.535. The van der Waals surface area contributed by atoms with Crippen LogP contribution >= 0.6 is 11.8 Å². The predicted molar refractivity (Wildman–Crippen MR) is 111 cm³/mol. The fourth-order valence-corrected chi connectivity index (χ4v) is 4.75. The minimum atomic E-state index is -0.0627. The second kappa shape index (κ2) is 10.1. The molecule has 1 fully saturated rings. The molecule has 3 rings (SSSR count). The highest BCUT2D eigenvalue weighted by Gasteiger charge is 2.21. The number of likely N-dealkylation sites (tertiary alicyclic amines) is 1. The first-order chi connectivity index (χ1) is 13.5. The number of hydrogen-bond donors (Lipinski definition) is 1. The summed E-state index contributed by atoms with van der Waals surface area (Å²) in [4.78, 5) is 19.5. The van der Waals surface area contributed by atoms with Gasteiger partial charge in [0.05, 0.1) is 11.3 Å². The van der Waals surface area contributed by atoms with Gasteiger partial charge in [0, 0.05) is 37.7 Å². The van der Waals surface area contributed by atoms with E-state index >= 15 is 0 Å². The van der Waals surface area contributed by atoms with Crippen molar-refractivity contribution in [3.63, 3.8) is 0 Å². The van der Waals surface area contributed by atoms with E-state index in [0.29, 0.717) is 17.9 Å². The van der Waals surface area contributed by atoms with Crippen molar-refractivity contribution in [2.24, 2.45) is 11.8 Å². The molecule has 1 aliphatic heterocycles. The van der Waals surface area contributed by atoms with Gasteiger partial charge in [0.25, 0.3) is 5.91 Å². The number of piperidine rings is 1. The highest BCUT2D eigenvalue weighted by atomic mass is 32.2. The van der Waals surface area contributed by atoms with Crippen molar-refractivity contribution < 1.29 is 9.32 Å². The van der Waals surface area contributed by atoms with Crippen molar-refractivity contribution in [3.05, 3.63) is 41.4 Å². The summed E-state index contributed by atoms with van der Waals surface area (Å²) < 4.78 is 5.09. The number of carbonyl (C=O) groups excluding carboxylic acids is 1. The van der Waals surface area contributed by atoms with Crippen LogP contribution in [-0.4, -0.2) is 47.1 Å². The maximum atomic E-state index is 12.6. The van der Waals surface area contributed by atoms with E-state index in [0.717, 1.165) is 41.3 Å². The Morgan fingerprint density at radius 1 is 1.36 bits per heavy atom. The van der Waals surface area contributed by atoms with Crippen LogP contribution in [0.25, 0.3) is 0 Å². The number of nitrogens with one attached hydrogen (secondary N) is 1. The number of nitrogens with zero attached hydrogens (tertiary/aromatic N) is 3. The van der Waals surface area contributed by atoms with Crippen LogP contribution in [0.4, 0.5) is 0 Å². The first-order valence-electron chi connectivity index (χ1n) is 10.0. The summed E-state index contributed by atoms with van der Waals surface area (Å²) in [6.07, 6.45) is 4.00. The Hall–Kier alpha value is -1.86. The van der Waals surface area contributed by atoms with Crippen molar-refractivity contribution in [1.29, 1.82) is 0 Å². The first-order valence-corrected chi connectivity index (χ1v) is 11.0. The van der Waals surface area contributed by atoms with Gasteiger partial charge in [-0.1, -0.05) is 30.8 Å². The molecule has 0 saturated carbocycles. The molecule has 1 saturated heterocycles. The average molecular weight is 403 g/mol. The molecule has 0 unspecified atom stereocenters. The normalized spacial score (nSPS) is 20.2. The van der Waals surface area contributed by atoms with E-state index in [9.17, 15) is 4.79 Å². The molecule has 6 nitrogen and oxygen atoms in total. The monoisotopic (exact) mass is 402 g/mol. The summed E-state index contributed by atoms with van der Waals surface area (Å²) >= 11 is 1.50. The van der Waals surface area contributed by atoms with Gasteiger partial charge in [0.1, 0.15) is 10.8 Å². The van der Waals surface area contributed by atoms with Crippen LogP contribution in [0, 0.1) is 18.8 Å². The lowest BCUT2D eigenvalue weighted by Crippen LogP contribution is -2.40. The molecule has 0 bridgehead atoms. The molecule has 1 amide bonds. The summed E-state index contributed by atoms with van der Waals surface area (Å²) in [5.74, 6) is 2.88. The van der Waals surface area contributed by atoms with Crippen LogP contribution in [0.15, 0.2) is 33.9 Å². The lowest BCUT2D eigenvalue weighted by molar-refractivity contribution is 0.0943. The zero-order chi connectivity index (χ0) is 19.9. The lowest BCUT2D eigenvalue weighted by Gasteiger charge is -2.34. The molecule has 1 N–H and O–H groups in total. The zero-order valence-electron chi connectivity index (χ0n) is 17.0. The third kappa shape index (κ3) is 6.07. The van der Waals surface area contributed by atoms with Gasteiger partial charge in [-0.2, -0.15) is 0 Å². The molecule has 0 spiro atoms.